The summed E-state index contributed by atoms with van der Waals surface area (Å²) in [5, 5.41) is 0.748. The number of hydrogen-bond donors (Lipinski definition) is 0. The summed E-state index contributed by atoms with van der Waals surface area (Å²) in [4.78, 5) is 19.3. The number of alkyl halides is 3. The van der Waals surface area contributed by atoms with E-state index in [-0.39, 0.29) is 25.4 Å². The first-order valence-electron chi connectivity index (χ1n) is 8.76. The van der Waals surface area contributed by atoms with Crippen LogP contribution >= 0.6 is 11.3 Å². The van der Waals surface area contributed by atoms with Crippen LogP contribution in [-0.4, -0.2) is 35.1 Å². The predicted molar refractivity (Wildman–Crippen MR) is 93.9 cm³/mol. The average Bonchev–Trinajstić information content (AvgIpc) is 3.09. The van der Waals surface area contributed by atoms with Crippen LogP contribution in [0, 0.1) is 11.3 Å². The fourth-order valence-corrected chi connectivity index (χ4v) is 5.11. The number of amides is 1. The molecule has 1 amide bonds. The molecule has 2 aliphatic rings. The molecule has 1 aromatic heterocycles. The number of likely N-dealkylation sites (tertiary alicyclic amines) is 1. The average molecular weight is 380 g/mol. The van der Waals surface area contributed by atoms with Crippen molar-refractivity contribution in [1.82, 2.24) is 9.88 Å². The topological polar surface area (TPSA) is 33.2 Å². The van der Waals surface area contributed by atoms with Crippen LogP contribution in [0.15, 0.2) is 36.5 Å². The quantitative estimate of drug-likeness (QED) is 0.734. The third-order valence-corrected chi connectivity index (χ3v) is 6.74. The minimum Gasteiger partial charge on any atom is -0.337 e. The van der Waals surface area contributed by atoms with Crippen LogP contribution in [0.2, 0.25) is 0 Å². The maximum absolute atomic E-state index is 13.4. The van der Waals surface area contributed by atoms with Crippen molar-refractivity contribution in [2.75, 3.05) is 13.1 Å². The van der Waals surface area contributed by atoms with Gasteiger partial charge in [0.15, 0.2) is 0 Å². The predicted octanol–water partition coefficient (Wildman–Crippen LogP) is 5.00. The molecule has 1 atom stereocenters. The number of carbonyl (C=O) groups excluding carboxylic acids is 1. The number of benzene rings is 1. The Balaban J connectivity index is 1.52. The summed E-state index contributed by atoms with van der Waals surface area (Å²) in [6.07, 6.45) is -0.718. The highest BCUT2D eigenvalue weighted by atomic mass is 32.1. The summed E-state index contributed by atoms with van der Waals surface area (Å²) >= 11 is 1.30. The highest BCUT2D eigenvalue weighted by Gasteiger charge is 2.58. The van der Waals surface area contributed by atoms with E-state index in [1.54, 1.807) is 11.1 Å². The van der Waals surface area contributed by atoms with E-state index in [4.69, 9.17) is 0 Å². The highest BCUT2D eigenvalue weighted by molar-refractivity contribution is 7.16. The molecule has 2 fully saturated rings. The summed E-state index contributed by atoms with van der Waals surface area (Å²) < 4.78 is 40.2. The monoisotopic (exact) mass is 380 g/mol. The van der Waals surface area contributed by atoms with Gasteiger partial charge in [0.2, 0.25) is 0 Å². The highest BCUT2D eigenvalue weighted by Crippen LogP contribution is 2.56. The molecule has 1 saturated heterocycles. The third-order valence-electron chi connectivity index (χ3n) is 5.70. The van der Waals surface area contributed by atoms with Gasteiger partial charge in [-0.25, -0.2) is 4.98 Å². The zero-order chi connectivity index (χ0) is 18.4. The summed E-state index contributed by atoms with van der Waals surface area (Å²) in [5.41, 5.74) is 0.154. The van der Waals surface area contributed by atoms with E-state index in [0.717, 1.165) is 17.0 Å². The number of halogens is 3. The van der Waals surface area contributed by atoms with Gasteiger partial charge >= 0.3 is 6.18 Å². The van der Waals surface area contributed by atoms with Crippen LogP contribution < -0.4 is 0 Å². The molecule has 0 radical (unpaired) electrons. The van der Waals surface area contributed by atoms with E-state index in [2.05, 4.69) is 4.98 Å². The largest absolute Gasteiger partial charge is 0.392 e. The van der Waals surface area contributed by atoms with Crippen molar-refractivity contribution in [1.29, 1.82) is 0 Å². The molecule has 7 heteroatoms. The third kappa shape index (κ3) is 3.02. The zero-order valence-electron chi connectivity index (χ0n) is 14.1. The molecule has 0 N–H and O–H groups in total. The van der Waals surface area contributed by atoms with Crippen molar-refractivity contribution in [3.05, 3.63) is 41.4 Å². The van der Waals surface area contributed by atoms with E-state index in [0.29, 0.717) is 17.7 Å². The van der Waals surface area contributed by atoms with E-state index < -0.39 is 17.5 Å². The van der Waals surface area contributed by atoms with Gasteiger partial charge in [0.1, 0.15) is 9.88 Å². The Morgan fingerprint density at radius 1 is 1.23 bits per heavy atom. The maximum Gasteiger partial charge on any atom is 0.392 e. The molecule has 138 valence electrons. The van der Waals surface area contributed by atoms with E-state index in [1.807, 2.05) is 30.3 Å². The van der Waals surface area contributed by atoms with Crippen molar-refractivity contribution < 1.29 is 18.0 Å². The Kier molecular flexibility index (Phi) is 4.29. The lowest BCUT2D eigenvalue weighted by molar-refractivity contribution is -0.235. The summed E-state index contributed by atoms with van der Waals surface area (Å²) in [6, 6.07) is 9.56. The molecular weight excluding hydrogens is 361 g/mol. The van der Waals surface area contributed by atoms with Crippen molar-refractivity contribution in [3.8, 4) is 10.6 Å². The fourth-order valence-electron chi connectivity index (χ4n) is 4.23. The molecule has 1 aliphatic carbocycles. The Labute approximate surface area is 153 Å². The second-order valence-corrected chi connectivity index (χ2v) is 8.25. The van der Waals surface area contributed by atoms with Gasteiger partial charge in [-0.2, -0.15) is 13.2 Å². The van der Waals surface area contributed by atoms with Gasteiger partial charge in [-0.3, -0.25) is 4.79 Å². The molecule has 1 aromatic carbocycles. The lowest BCUT2D eigenvalue weighted by Gasteiger charge is -2.54. The number of carbonyl (C=O) groups is 1. The van der Waals surface area contributed by atoms with E-state index in [9.17, 15) is 18.0 Å². The number of aromatic nitrogens is 1. The van der Waals surface area contributed by atoms with Crippen molar-refractivity contribution >= 4 is 17.2 Å². The SMILES string of the molecule is O=C(c1cnc(-c2ccccc2)s1)N1CCC(C(F)(F)F)C2(CCC2)C1. The van der Waals surface area contributed by atoms with Crippen molar-refractivity contribution in [2.24, 2.45) is 11.3 Å². The Morgan fingerprint density at radius 2 is 1.96 bits per heavy atom. The molecule has 1 spiro atoms. The van der Waals surface area contributed by atoms with Crippen molar-refractivity contribution in [2.45, 2.75) is 31.9 Å². The minimum atomic E-state index is -4.18. The second kappa shape index (κ2) is 6.37. The lowest BCUT2D eigenvalue weighted by Crippen LogP contribution is -2.57. The number of hydrogen-bond acceptors (Lipinski definition) is 3. The molecule has 1 aliphatic heterocycles. The smallest absolute Gasteiger partial charge is 0.337 e. The number of nitrogens with zero attached hydrogens (tertiary/aromatic N) is 2. The maximum atomic E-state index is 13.4. The van der Waals surface area contributed by atoms with Crippen LogP contribution in [0.25, 0.3) is 10.6 Å². The minimum absolute atomic E-state index is 0.000410. The van der Waals surface area contributed by atoms with Crippen LogP contribution in [0.4, 0.5) is 13.2 Å². The zero-order valence-corrected chi connectivity index (χ0v) is 14.9. The summed E-state index contributed by atoms with van der Waals surface area (Å²) in [6.45, 7) is 0.359. The molecular formula is C19H19F3N2OS. The van der Waals surface area contributed by atoms with Gasteiger partial charge in [0.05, 0.1) is 12.1 Å². The Hall–Kier alpha value is -1.89. The standard InChI is InChI=1S/C19H19F3N2OS/c20-19(21,22)15-7-10-24(12-18(15)8-4-9-18)17(25)14-11-23-16(26-14)13-5-2-1-3-6-13/h1-3,5-6,11,15H,4,7-10,12H2. The van der Waals surface area contributed by atoms with Gasteiger partial charge in [0.25, 0.3) is 5.91 Å². The van der Waals surface area contributed by atoms with E-state index >= 15 is 0 Å². The summed E-state index contributed by atoms with van der Waals surface area (Å²) in [5.74, 6) is -1.48. The van der Waals surface area contributed by atoms with Gasteiger partial charge in [-0.05, 0) is 24.7 Å². The second-order valence-electron chi connectivity index (χ2n) is 7.22. The first-order chi connectivity index (χ1) is 12.4. The first kappa shape index (κ1) is 17.5. The fraction of sp³-hybridized carbons (Fsp3) is 0.474. The normalized spacial score (nSPS) is 22.3. The number of thiazole rings is 1. The molecule has 26 heavy (non-hydrogen) atoms. The first-order valence-corrected chi connectivity index (χ1v) is 9.58. The molecule has 1 saturated carbocycles. The number of piperidine rings is 1. The van der Waals surface area contributed by atoms with Gasteiger partial charge in [0, 0.05) is 18.7 Å². The van der Waals surface area contributed by atoms with Crippen molar-refractivity contribution in [3.63, 3.8) is 0 Å². The van der Waals surface area contributed by atoms with Gasteiger partial charge in [-0.15, -0.1) is 11.3 Å². The molecule has 2 heterocycles. The molecule has 4 rings (SSSR count). The summed E-state index contributed by atoms with van der Waals surface area (Å²) in [7, 11) is 0. The Bertz CT molecular complexity index is 799. The molecule has 3 nitrogen and oxygen atoms in total. The lowest BCUT2D eigenvalue weighted by atomic mass is 9.58. The van der Waals surface area contributed by atoms with E-state index in [1.165, 1.54) is 11.3 Å². The molecule has 1 unspecified atom stereocenters. The number of rotatable bonds is 2. The van der Waals surface area contributed by atoms with Crippen LogP contribution in [0.1, 0.15) is 35.4 Å². The molecule has 2 aromatic rings. The van der Waals surface area contributed by atoms with Crippen LogP contribution in [-0.2, 0) is 0 Å². The molecule has 0 bridgehead atoms. The van der Waals surface area contributed by atoms with Crippen LogP contribution in [0.5, 0.6) is 0 Å². The van der Waals surface area contributed by atoms with Crippen LogP contribution in [0.3, 0.4) is 0 Å². The van der Waals surface area contributed by atoms with Gasteiger partial charge < -0.3 is 4.90 Å². The van der Waals surface area contributed by atoms with Gasteiger partial charge in [-0.1, -0.05) is 36.8 Å². The Morgan fingerprint density at radius 3 is 2.58 bits per heavy atom.